The van der Waals surface area contributed by atoms with Gasteiger partial charge in [0.1, 0.15) is 6.61 Å². The first kappa shape index (κ1) is 21.6. The largest absolute Gasteiger partial charge is 0.486 e. The summed E-state index contributed by atoms with van der Waals surface area (Å²) in [6, 6.07) is 4.03. The molecule has 5 nitrogen and oxygen atoms in total. The number of nitrogens with two attached hydrogens (primary N) is 1. The number of ether oxygens (including phenoxy) is 2. The van der Waals surface area contributed by atoms with E-state index in [1.54, 1.807) is 12.2 Å². The van der Waals surface area contributed by atoms with Crippen LogP contribution < -0.4 is 15.2 Å². The highest BCUT2D eigenvalue weighted by Gasteiger charge is 2.62. The summed E-state index contributed by atoms with van der Waals surface area (Å²) < 4.78 is 12.0. The number of hydrogen-bond donors (Lipinski definition) is 2. The Hall–Kier alpha value is -2.11. The standard InChI is InChI=1S/C21H26O4.C3H7N/c1-3-6-15(22)20-21-10-5-7-14(19(21)23)12-13-8-9-16(24-11-4-2)18(25-20)17(13)21;1-2-3-4/h4,8-9,14,19-20,23H,2-3,5-7,10-12H2,1H3;2H,1,3-4H2/t14-,19-,20+,21-;/m1./s1. The van der Waals surface area contributed by atoms with Gasteiger partial charge in [0.15, 0.2) is 23.4 Å². The van der Waals surface area contributed by atoms with E-state index in [2.05, 4.69) is 19.2 Å². The molecule has 29 heavy (non-hydrogen) atoms. The lowest BCUT2D eigenvalue weighted by atomic mass is 9.55. The van der Waals surface area contributed by atoms with Crippen LogP contribution in [0.4, 0.5) is 0 Å². The van der Waals surface area contributed by atoms with E-state index in [4.69, 9.17) is 15.2 Å². The summed E-state index contributed by atoms with van der Waals surface area (Å²) in [6.45, 7) is 10.0. The van der Waals surface area contributed by atoms with Gasteiger partial charge in [0, 0.05) is 18.5 Å². The summed E-state index contributed by atoms with van der Waals surface area (Å²) in [5.74, 6) is 1.64. The third-order valence-corrected chi connectivity index (χ3v) is 6.31. The van der Waals surface area contributed by atoms with Gasteiger partial charge in [-0.1, -0.05) is 38.1 Å². The quantitative estimate of drug-likeness (QED) is 0.686. The number of fused-ring (bicyclic) bond motifs is 1. The average Bonchev–Trinajstić information content (AvgIpc) is 3.06. The van der Waals surface area contributed by atoms with Crippen molar-refractivity contribution in [2.75, 3.05) is 13.2 Å². The second kappa shape index (κ2) is 9.14. The number of carbonyl (C=O) groups excluding carboxylic acids is 1. The number of hydrogen-bond acceptors (Lipinski definition) is 5. The number of aliphatic hydroxyl groups is 1. The summed E-state index contributed by atoms with van der Waals surface area (Å²) in [5, 5.41) is 11.2. The zero-order valence-corrected chi connectivity index (χ0v) is 17.4. The maximum absolute atomic E-state index is 12.9. The van der Waals surface area contributed by atoms with E-state index in [1.807, 2.05) is 13.0 Å². The Balaban J connectivity index is 0.000000552. The van der Waals surface area contributed by atoms with Gasteiger partial charge >= 0.3 is 0 Å². The molecule has 1 saturated carbocycles. The van der Waals surface area contributed by atoms with Crippen molar-refractivity contribution in [1.82, 2.24) is 0 Å². The van der Waals surface area contributed by atoms with Crippen LogP contribution >= 0.6 is 0 Å². The topological polar surface area (TPSA) is 81.8 Å². The van der Waals surface area contributed by atoms with E-state index in [0.29, 0.717) is 31.1 Å². The van der Waals surface area contributed by atoms with Crippen LogP contribution in [-0.4, -0.2) is 36.2 Å². The van der Waals surface area contributed by atoms with Crippen LogP contribution in [0.3, 0.4) is 0 Å². The van der Waals surface area contributed by atoms with Crippen molar-refractivity contribution in [2.24, 2.45) is 11.7 Å². The summed E-state index contributed by atoms with van der Waals surface area (Å²) in [6.07, 6.45) is 7.21. The predicted octanol–water partition coefficient (Wildman–Crippen LogP) is 3.47. The highest BCUT2D eigenvalue weighted by atomic mass is 16.5. The van der Waals surface area contributed by atoms with Crippen LogP contribution in [0, 0.1) is 5.92 Å². The first-order valence-electron chi connectivity index (χ1n) is 10.6. The van der Waals surface area contributed by atoms with Crippen LogP contribution in [-0.2, 0) is 16.6 Å². The third-order valence-electron chi connectivity index (χ3n) is 6.31. The monoisotopic (exact) mass is 399 g/mol. The number of ketones is 1. The molecule has 4 rings (SSSR count). The highest BCUT2D eigenvalue weighted by molar-refractivity contribution is 5.88. The molecule has 1 heterocycles. The van der Waals surface area contributed by atoms with Crippen LogP contribution in [0.1, 0.15) is 50.2 Å². The van der Waals surface area contributed by atoms with E-state index in [9.17, 15) is 9.90 Å². The summed E-state index contributed by atoms with van der Waals surface area (Å²) in [4.78, 5) is 12.9. The lowest BCUT2D eigenvalue weighted by Gasteiger charge is -2.49. The Morgan fingerprint density at radius 2 is 2.17 bits per heavy atom. The fourth-order valence-electron chi connectivity index (χ4n) is 5.19. The van der Waals surface area contributed by atoms with Gasteiger partial charge in [-0.25, -0.2) is 0 Å². The SMILES string of the molecule is C=CCN.C=CCOc1ccc2c3c1O[C@@H](C(=O)CCC)[C@]31CCC[C@H](C2)[C@H]1O. The summed E-state index contributed by atoms with van der Waals surface area (Å²) >= 11 is 0. The van der Waals surface area contributed by atoms with E-state index in [-0.39, 0.29) is 11.7 Å². The van der Waals surface area contributed by atoms with Gasteiger partial charge in [-0.2, -0.15) is 0 Å². The molecule has 1 aromatic rings. The average molecular weight is 400 g/mol. The fraction of sp³-hybridized carbons (Fsp3) is 0.542. The highest BCUT2D eigenvalue weighted by Crippen LogP contribution is 2.60. The molecule has 0 aromatic heterocycles. The molecule has 5 heteroatoms. The molecular formula is C24H33NO4. The molecule has 1 spiro atoms. The van der Waals surface area contributed by atoms with E-state index < -0.39 is 17.6 Å². The molecule has 0 unspecified atom stereocenters. The molecule has 0 amide bonds. The molecule has 2 aliphatic carbocycles. The molecule has 1 aliphatic heterocycles. The molecule has 2 bridgehead atoms. The van der Waals surface area contributed by atoms with Crippen LogP contribution in [0.15, 0.2) is 37.4 Å². The van der Waals surface area contributed by atoms with Gasteiger partial charge in [0.05, 0.1) is 11.5 Å². The lowest BCUT2D eigenvalue weighted by Crippen LogP contribution is -2.58. The maximum atomic E-state index is 12.9. The molecule has 158 valence electrons. The van der Waals surface area contributed by atoms with Crippen molar-refractivity contribution in [2.45, 2.75) is 63.1 Å². The fourth-order valence-corrected chi connectivity index (χ4v) is 5.19. The van der Waals surface area contributed by atoms with Crippen LogP contribution in [0.5, 0.6) is 11.5 Å². The number of benzene rings is 1. The van der Waals surface area contributed by atoms with Crippen molar-refractivity contribution in [1.29, 1.82) is 0 Å². The van der Waals surface area contributed by atoms with Gasteiger partial charge < -0.3 is 20.3 Å². The first-order valence-corrected chi connectivity index (χ1v) is 10.6. The third kappa shape index (κ3) is 3.62. The van der Waals surface area contributed by atoms with Crippen LogP contribution in [0.2, 0.25) is 0 Å². The smallest absolute Gasteiger partial charge is 0.174 e. The zero-order valence-electron chi connectivity index (χ0n) is 17.4. The second-order valence-corrected chi connectivity index (χ2v) is 8.11. The number of rotatable bonds is 7. The van der Waals surface area contributed by atoms with E-state index >= 15 is 0 Å². The molecule has 3 aliphatic rings. The minimum Gasteiger partial charge on any atom is -0.486 e. The van der Waals surface area contributed by atoms with Gasteiger partial charge in [-0.15, -0.1) is 6.58 Å². The van der Waals surface area contributed by atoms with Gasteiger partial charge in [-0.05, 0) is 43.2 Å². The Bertz CT molecular complexity index is 774. The minimum atomic E-state index is -0.592. The molecule has 0 radical (unpaired) electrons. The molecule has 1 aromatic carbocycles. The Morgan fingerprint density at radius 1 is 1.41 bits per heavy atom. The summed E-state index contributed by atoms with van der Waals surface area (Å²) in [7, 11) is 0. The van der Waals surface area contributed by atoms with Gasteiger partial charge in [-0.3, -0.25) is 4.79 Å². The number of aliphatic hydroxyl groups excluding tert-OH is 1. The van der Waals surface area contributed by atoms with Gasteiger partial charge in [0.2, 0.25) is 0 Å². The Labute approximate surface area is 173 Å². The molecule has 1 fully saturated rings. The van der Waals surface area contributed by atoms with Crippen molar-refractivity contribution in [3.05, 3.63) is 48.6 Å². The first-order chi connectivity index (χ1) is 14.0. The lowest BCUT2D eigenvalue weighted by molar-refractivity contribution is -0.134. The Kier molecular flexibility index (Phi) is 6.81. The maximum Gasteiger partial charge on any atom is 0.174 e. The normalized spacial score (nSPS) is 28.3. The Morgan fingerprint density at radius 3 is 2.83 bits per heavy atom. The van der Waals surface area contributed by atoms with Crippen molar-refractivity contribution in [3.8, 4) is 11.5 Å². The number of Topliss-reactive ketones (excluding diaryl/α,β-unsaturated/α-hetero) is 1. The summed E-state index contributed by atoms with van der Waals surface area (Å²) in [5.41, 5.74) is 6.56. The molecular weight excluding hydrogens is 366 g/mol. The van der Waals surface area contributed by atoms with E-state index in [1.165, 1.54) is 5.56 Å². The zero-order chi connectivity index (χ0) is 21.0. The van der Waals surface area contributed by atoms with Crippen molar-refractivity contribution < 1.29 is 19.4 Å². The number of carbonyl (C=O) groups is 1. The molecule has 4 atom stereocenters. The minimum absolute atomic E-state index is 0.0981. The molecule has 0 saturated heterocycles. The van der Waals surface area contributed by atoms with Crippen LogP contribution in [0.25, 0.3) is 0 Å². The predicted molar refractivity (Wildman–Crippen MR) is 114 cm³/mol. The van der Waals surface area contributed by atoms with E-state index in [0.717, 1.165) is 37.7 Å². The van der Waals surface area contributed by atoms with Crippen molar-refractivity contribution in [3.63, 3.8) is 0 Å². The second-order valence-electron chi connectivity index (χ2n) is 8.11. The molecule has 3 N–H and O–H groups in total. The van der Waals surface area contributed by atoms with Gasteiger partial charge in [0.25, 0.3) is 0 Å². The van der Waals surface area contributed by atoms with Crippen molar-refractivity contribution >= 4 is 5.78 Å².